The lowest BCUT2D eigenvalue weighted by molar-refractivity contribution is -0.126. The van der Waals surface area contributed by atoms with E-state index in [1.54, 1.807) is 19.4 Å². The second-order valence-corrected chi connectivity index (χ2v) is 6.50. The monoisotopic (exact) mass is 349 g/mol. The second-order valence-electron chi connectivity index (χ2n) is 6.50. The van der Waals surface area contributed by atoms with E-state index < -0.39 is 0 Å². The van der Waals surface area contributed by atoms with Crippen molar-refractivity contribution in [3.05, 3.63) is 42.0 Å². The maximum atomic E-state index is 11.8. The number of hydrogen-bond acceptors (Lipinski definition) is 5. The average molecular weight is 349 g/mol. The molecule has 0 bridgehead atoms. The highest BCUT2D eigenvalue weighted by atomic mass is 16.2. The van der Waals surface area contributed by atoms with Gasteiger partial charge in [0, 0.05) is 31.0 Å². The number of carbonyl (C=O) groups excluding carboxylic acids is 1. The van der Waals surface area contributed by atoms with Crippen LogP contribution in [0.1, 0.15) is 31.0 Å². The summed E-state index contributed by atoms with van der Waals surface area (Å²) >= 11 is 0. The number of rotatable bonds is 4. The largest absolute Gasteiger partial charge is 0.332 e. The highest BCUT2D eigenvalue weighted by Crippen LogP contribution is 2.22. The molecule has 6 nitrogen and oxygen atoms in total. The Labute approximate surface area is 154 Å². The summed E-state index contributed by atoms with van der Waals surface area (Å²) in [5, 5.41) is 3.26. The molecule has 0 aromatic carbocycles. The summed E-state index contributed by atoms with van der Waals surface area (Å²) in [7, 11) is 0. The first-order chi connectivity index (χ1) is 12.7. The van der Waals surface area contributed by atoms with E-state index in [4.69, 9.17) is 0 Å². The number of nitrogens with zero attached hydrogens (tertiary/aromatic N) is 4. The van der Waals surface area contributed by atoms with Crippen LogP contribution in [0.15, 0.2) is 30.7 Å². The van der Waals surface area contributed by atoms with Crippen molar-refractivity contribution in [3.8, 4) is 11.8 Å². The predicted molar refractivity (Wildman–Crippen MR) is 101 cm³/mol. The summed E-state index contributed by atoms with van der Waals surface area (Å²) in [6.45, 7) is 5.23. The van der Waals surface area contributed by atoms with Crippen molar-refractivity contribution in [1.29, 1.82) is 0 Å². The first-order valence-electron chi connectivity index (χ1n) is 8.87. The van der Waals surface area contributed by atoms with Crippen LogP contribution < -0.4 is 5.32 Å². The number of piperidine rings is 1. The van der Waals surface area contributed by atoms with Gasteiger partial charge in [0.25, 0.3) is 5.91 Å². The maximum absolute atomic E-state index is 11.8. The molecule has 2 aromatic heterocycles. The Hall–Kier alpha value is -2.94. The Morgan fingerprint density at radius 2 is 2.12 bits per heavy atom. The van der Waals surface area contributed by atoms with Crippen molar-refractivity contribution in [3.63, 3.8) is 0 Å². The van der Waals surface area contributed by atoms with Gasteiger partial charge in [-0.3, -0.25) is 4.79 Å². The highest BCUT2D eigenvalue weighted by Gasteiger charge is 2.22. The lowest BCUT2D eigenvalue weighted by atomic mass is 9.92. The zero-order chi connectivity index (χ0) is 18.4. The standard InChI is InChI=1S/C20H23N5O/c1-3-5-19(26)25-10-7-16(8-11-25)12-17-13-18(23-14-22-17)24-20-15(2)6-4-9-21-20/h4,6,9,13-14,16H,7-8,10-12H2,1-2H3,(H,21,22,23,24). The fourth-order valence-corrected chi connectivity index (χ4v) is 3.14. The quantitative estimate of drug-likeness (QED) is 0.860. The van der Waals surface area contributed by atoms with Crippen molar-refractivity contribution in [2.75, 3.05) is 18.4 Å². The molecule has 1 aliphatic heterocycles. The van der Waals surface area contributed by atoms with E-state index in [1.165, 1.54) is 0 Å². The van der Waals surface area contributed by atoms with Crippen molar-refractivity contribution < 1.29 is 4.79 Å². The minimum Gasteiger partial charge on any atom is -0.332 e. The Balaban J connectivity index is 1.58. The van der Waals surface area contributed by atoms with Gasteiger partial charge in [-0.05, 0) is 56.6 Å². The zero-order valence-corrected chi connectivity index (χ0v) is 15.2. The lowest BCUT2D eigenvalue weighted by Crippen LogP contribution is -2.38. The minimum atomic E-state index is -0.0646. The van der Waals surface area contributed by atoms with Crippen LogP contribution in [0.25, 0.3) is 0 Å². The van der Waals surface area contributed by atoms with Gasteiger partial charge in [0.2, 0.25) is 0 Å². The summed E-state index contributed by atoms with van der Waals surface area (Å²) in [5.41, 5.74) is 2.08. The summed E-state index contributed by atoms with van der Waals surface area (Å²) in [4.78, 5) is 26.7. The summed E-state index contributed by atoms with van der Waals surface area (Å²) < 4.78 is 0. The molecule has 0 aliphatic carbocycles. The first kappa shape index (κ1) is 17.9. The summed E-state index contributed by atoms with van der Waals surface area (Å²) in [6, 6.07) is 5.90. The van der Waals surface area contributed by atoms with Crippen molar-refractivity contribution in [1.82, 2.24) is 19.9 Å². The summed E-state index contributed by atoms with van der Waals surface area (Å²) in [6.07, 6.45) is 6.19. The van der Waals surface area contributed by atoms with Gasteiger partial charge >= 0.3 is 0 Å². The van der Waals surface area contributed by atoms with Crippen LogP contribution in [-0.2, 0) is 11.2 Å². The van der Waals surface area contributed by atoms with Crippen molar-refractivity contribution >= 4 is 17.5 Å². The molecular weight excluding hydrogens is 326 g/mol. The van der Waals surface area contributed by atoms with E-state index in [-0.39, 0.29) is 5.91 Å². The van der Waals surface area contributed by atoms with Gasteiger partial charge < -0.3 is 10.2 Å². The third-order valence-electron chi connectivity index (χ3n) is 4.61. The fraction of sp³-hybridized carbons (Fsp3) is 0.400. The zero-order valence-electron chi connectivity index (χ0n) is 15.2. The molecule has 1 N–H and O–H groups in total. The Bertz CT molecular complexity index is 831. The molecular formula is C20H23N5O. The number of likely N-dealkylation sites (tertiary alicyclic amines) is 1. The Morgan fingerprint density at radius 1 is 1.31 bits per heavy atom. The molecule has 0 radical (unpaired) electrons. The van der Waals surface area contributed by atoms with Gasteiger partial charge in [-0.25, -0.2) is 15.0 Å². The molecule has 0 saturated carbocycles. The van der Waals surface area contributed by atoms with E-state index in [1.807, 2.05) is 30.0 Å². The number of hydrogen-bond donors (Lipinski definition) is 1. The third kappa shape index (κ3) is 4.57. The van der Waals surface area contributed by atoms with Crippen LogP contribution in [0, 0.1) is 24.7 Å². The molecule has 3 heterocycles. The number of nitrogens with one attached hydrogen (secondary N) is 1. The smallest absolute Gasteiger partial charge is 0.298 e. The predicted octanol–water partition coefficient (Wildman–Crippen LogP) is 2.73. The van der Waals surface area contributed by atoms with Crippen LogP contribution >= 0.6 is 0 Å². The average Bonchev–Trinajstić information content (AvgIpc) is 2.65. The van der Waals surface area contributed by atoms with Gasteiger partial charge in [-0.2, -0.15) is 0 Å². The third-order valence-corrected chi connectivity index (χ3v) is 4.61. The van der Waals surface area contributed by atoms with Gasteiger partial charge in [0.05, 0.1) is 0 Å². The molecule has 26 heavy (non-hydrogen) atoms. The molecule has 0 unspecified atom stereocenters. The lowest BCUT2D eigenvalue weighted by Gasteiger charge is -2.30. The van der Waals surface area contributed by atoms with Crippen LogP contribution in [0.2, 0.25) is 0 Å². The van der Waals surface area contributed by atoms with Crippen LogP contribution in [0.4, 0.5) is 11.6 Å². The SMILES string of the molecule is CC#CC(=O)N1CCC(Cc2cc(Nc3ncccc3C)ncn2)CC1. The molecule has 1 saturated heterocycles. The van der Waals surface area contributed by atoms with Crippen LogP contribution in [0.3, 0.4) is 0 Å². The van der Waals surface area contributed by atoms with Gasteiger partial charge in [0.15, 0.2) is 0 Å². The van der Waals surface area contributed by atoms with E-state index >= 15 is 0 Å². The van der Waals surface area contributed by atoms with E-state index in [0.29, 0.717) is 5.92 Å². The number of anilines is 2. The van der Waals surface area contributed by atoms with E-state index in [0.717, 1.165) is 55.2 Å². The molecule has 1 fully saturated rings. The number of aromatic nitrogens is 3. The second kappa shape index (κ2) is 8.43. The number of aryl methyl sites for hydroxylation is 1. The van der Waals surface area contributed by atoms with E-state index in [2.05, 4.69) is 32.1 Å². The summed E-state index contributed by atoms with van der Waals surface area (Å²) in [5.74, 6) is 7.31. The first-order valence-corrected chi connectivity index (χ1v) is 8.87. The van der Waals surface area contributed by atoms with Gasteiger partial charge in [0.1, 0.15) is 18.0 Å². The van der Waals surface area contributed by atoms with Crippen LogP contribution in [0.5, 0.6) is 0 Å². The number of pyridine rings is 1. The minimum absolute atomic E-state index is 0.0646. The maximum Gasteiger partial charge on any atom is 0.298 e. The van der Waals surface area contributed by atoms with Gasteiger partial charge in [-0.15, -0.1) is 0 Å². The molecule has 0 atom stereocenters. The van der Waals surface area contributed by atoms with E-state index in [9.17, 15) is 4.79 Å². The molecule has 2 aromatic rings. The molecule has 134 valence electrons. The molecule has 6 heteroatoms. The normalized spacial score (nSPS) is 14.5. The molecule has 1 aliphatic rings. The Kier molecular flexibility index (Phi) is 5.80. The molecule has 1 amide bonds. The topological polar surface area (TPSA) is 71.0 Å². The van der Waals surface area contributed by atoms with Crippen molar-refractivity contribution in [2.24, 2.45) is 5.92 Å². The Morgan fingerprint density at radius 3 is 2.85 bits per heavy atom. The number of amides is 1. The highest BCUT2D eigenvalue weighted by molar-refractivity contribution is 5.93. The van der Waals surface area contributed by atoms with Crippen LogP contribution in [-0.4, -0.2) is 38.8 Å². The molecule has 0 spiro atoms. The van der Waals surface area contributed by atoms with Gasteiger partial charge in [-0.1, -0.05) is 12.0 Å². The van der Waals surface area contributed by atoms with Crippen molar-refractivity contribution in [2.45, 2.75) is 33.1 Å². The fourth-order valence-electron chi connectivity index (χ4n) is 3.14. The number of carbonyl (C=O) groups is 1. The molecule has 3 rings (SSSR count).